The summed E-state index contributed by atoms with van der Waals surface area (Å²) in [6.45, 7) is 8.56. The van der Waals surface area contributed by atoms with Crippen molar-refractivity contribution in [3.63, 3.8) is 0 Å². The van der Waals surface area contributed by atoms with Crippen molar-refractivity contribution in [2.45, 2.75) is 46.5 Å². The molecular weight excluding hydrogens is 376 g/mol. The molecule has 0 aromatic heterocycles. The lowest BCUT2D eigenvalue weighted by Crippen LogP contribution is -2.50. The first kappa shape index (κ1) is 22.6. The Hall–Kier alpha value is -1.64. The van der Waals surface area contributed by atoms with Crippen LogP contribution in [-0.4, -0.2) is 55.8 Å². The molecule has 1 fully saturated rings. The zero-order valence-corrected chi connectivity index (χ0v) is 18.1. The molecule has 1 aromatic carbocycles. The Morgan fingerprint density at radius 1 is 1.18 bits per heavy atom. The number of nitrogens with zero attached hydrogens (tertiary/aromatic N) is 2. The zero-order valence-electron chi connectivity index (χ0n) is 17.3. The lowest BCUT2D eigenvalue weighted by Gasteiger charge is -2.35. The van der Waals surface area contributed by atoms with Crippen LogP contribution < -0.4 is 10.6 Å². The molecule has 7 nitrogen and oxygen atoms in total. The van der Waals surface area contributed by atoms with Gasteiger partial charge in [-0.1, -0.05) is 31.5 Å². The van der Waals surface area contributed by atoms with Crippen LogP contribution in [0.2, 0.25) is 0 Å². The van der Waals surface area contributed by atoms with E-state index in [2.05, 4.69) is 10.6 Å². The van der Waals surface area contributed by atoms with Crippen molar-refractivity contribution in [1.29, 1.82) is 0 Å². The van der Waals surface area contributed by atoms with Crippen LogP contribution in [0, 0.1) is 12.8 Å². The SMILES string of the molecule is CCCN(CCC)S(=O)(=O)N1CCCC(CNC(=O)Nc2ccc(C)cc2)C1. The van der Waals surface area contributed by atoms with Crippen LogP contribution in [0.1, 0.15) is 45.1 Å². The Labute approximate surface area is 169 Å². The number of piperidine rings is 1. The van der Waals surface area contributed by atoms with Gasteiger partial charge in [-0.2, -0.15) is 17.0 Å². The zero-order chi connectivity index (χ0) is 20.6. The number of amides is 2. The third kappa shape index (κ3) is 6.46. The van der Waals surface area contributed by atoms with Crippen molar-refractivity contribution >= 4 is 21.9 Å². The molecule has 8 heteroatoms. The molecule has 2 rings (SSSR count). The van der Waals surface area contributed by atoms with Gasteiger partial charge in [0, 0.05) is 38.4 Å². The summed E-state index contributed by atoms with van der Waals surface area (Å²) >= 11 is 0. The van der Waals surface area contributed by atoms with Gasteiger partial charge < -0.3 is 10.6 Å². The third-order valence-corrected chi connectivity index (χ3v) is 6.94. The fraction of sp³-hybridized carbons (Fsp3) is 0.650. The third-order valence-electron chi connectivity index (χ3n) is 4.94. The molecule has 0 spiro atoms. The minimum atomic E-state index is -3.43. The van der Waals surface area contributed by atoms with E-state index in [1.54, 1.807) is 8.61 Å². The standard InChI is InChI=1S/C20H34N4O3S/c1-4-12-23(13-5-2)28(26,27)24-14-6-7-18(16-24)15-21-20(25)22-19-10-8-17(3)9-11-19/h8-11,18H,4-7,12-16H2,1-3H3,(H2,21,22,25). The molecular formula is C20H34N4O3S. The molecule has 0 aliphatic carbocycles. The number of carbonyl (C=O) groups is 1. The molecule has 2 N–H and O–H groups in total. The molecule has 28 heavy (non-hydrogen) atoms. The average Bonchev–Trinajstić information content (AvgIpc) is 2.68. The molecule has 0 saturated carbocycles. The lowest BCUT2D eigenvalue weighted by molar-refractivity contribution is 0.231. The average molecular weight is 411 g/mol. The van der Waals surface area contributed by atoms with Crippen LogP contribution in [0.4, 0.5) is 10.5 Å². The van der Waals surface area contributed by atoms with E-state index in [0.717, 1.165) is 36.9 Å². The predicted molar refractivity (Wildman–Crippen MR) is 114 cm³/mol. The Balaban J connectivity index is 1.88. The van der Waals surface area contributed by atoms with Crippen LogP contribution in [0.3, 0.4) is 0 Å². The Kier molecular flexibility index (Phi) is 8.72. The molecule has 1 unspecified atom stereocenters. The summed E-state index contributed by atoms with van der Waals surface area (Å²) in [6.07, 6.45) is 3.34. The van der Waals surface area contributed by atoms with Crippen LogP contribution in [0.5, 0.6) is 0 Å². The van der Waals surface area contributed by atoms with Gasteiger partial charge in [-0.05, 0) is 50.7 Å². The highest BCUT2D eigenvalue weighted by Crippen LogP contribution is 2.21. The molecule has 1 aliphatic rings. The summed E-state index contributed by atoms with van der Waals surface area (Å²) in [5.74, 6) is 0.123. The highest BCUT2D eigenvalue weighted by atomic mass is 32.2. The number of hydrogen-bond donors (Lipinski definition) is 2. The van der Waals surface area contributed by atoms with Crippen molar-refractivity contribution in [1.82, 2.24) is 13.9 Å². The Morgan fingerprint density at radius 2 is 1.82 bits per heavy atom. The minimum absolute atomic E-state index is 0.123. The van der Waals surface area contributed by atoms with Gasteiger partial charge in [-0.15, -0.1) is 0 Å². The number of urea groups is 1. The van der Waals surface area contributed by atoms with Crippen LogP contribution in [0.25, 0.3) is 0 Å². The second-order valence-corrected chi connectivity index (χ2v) is 9.40. The van der Waals surface area contributed by atoms with Gasteiger partial charge >= 0.3 is 6.03 Å². The fourth-order valence-electron chi connectivity index (χ4n) is 3.46. The quantitative estimate of drug-likeness (QED) is 0.656. The molecule has 2 amide bonds. The monoisotopic (exact) mass is 410 g/mol. The maximum absolute atomic E-state index is 13.0. The van der Waals surface area contributed by atoms with Gasteiger partial charge in [0.1, 0.15) is 0 Å². The molecule has 158 valence electrons. The summed E-state index contributed by atoms with van der Waals surface area (Å²) in [7, 11) is -3.43. The number of benzene rings is 1. The first-order valence-electron chi connectivity index (χ1n) is 10.2. The number of carbonyl (C=O) groups excluding carboxylic acids is 1. The summed E-state index contributed by atoms with van der Waals surface area (Å²) in [6, 6.07) is 7.34. The molecule has 0 bridgehead atoms. The highest BCUT2D eigenvalue weighted by molar-refractivity contribution is 7.86. The van der Waals surface area contributed by atoms with Gasteiger partial charge in [0.25, 0.3) is 10.2 Å². The van der Waals surface area contributed by atoms with Crippen molar-refractivity contribution < 1.29 is 13.2 Å². The topological polar surface area (TPSA) is 81.8 Å². The van der Waals surface area contributed by atoms with Gasteiger partial charge in [0.15, 0.2) is 0 Å². The van der Waals surface area contributed by atoms with Crippen LogP contribution >= 0.6 is 0 Å². The predicted octanol–water partition coefficient (Wildman–Crippen LogP) is 3.20. The van der Waals surface area contributed by atoms with Gasteiger partial charge in [0.05, 0.1) is 0 Å². The van der Waals surface area contributed by atoms with Crippen molar-refractivity contribution in [3.8, 4) is 0 Å². The van der Waals surface area contributed by atoms with E-state index in [9.17, 15) is 13.2 Å². The molecule has 1 saturated heterocycles. The molecule has 0 radical (unpaired) electrons. The number of nitrogens with one attached hydrogen (secondary N) is 2. The molecule has 1 heterocycles. The van der Waals surface area contributed by atoms with Gasteiger partial charge in [-0.3, -0.25) is 0 Å². The molecule has 1 aliphatic heterocycles. The second kappa shape index (κ2) is 10.8. The van der Waals surface area contributed by atoms with Crippen molar-refractivity contribution in [3.05, 3.63) is 29.8 Å². The maximum atomic E-state index is 13.0. The van der Waals surface area contributed by atoms with E-state index in [4.69, 9.17) is 0 Å². The number of aryl methyl sites for hydroxylation is 1. The normalized spacial score (nSPS) is 18.2. The summed E-state index contributed by atoms with van der Waals surface area (Å²) < 4.78 is 29.1. The highest BCUT2D eigenvalue weighted by Gasteiger charge is 2.33. The summed E-state index contributed by atoms with van der Waals surface area (Å²) in [5.41, 5.74) is 1.88. The van der Waals surface area contributed by atoms with Crippen LogP contribution in [-0.2, 0) is 10.2 Å². The van der Waals surface area contributed by atoms with Crippen molar-refractivity contribution in [2.24, 2.45) is 5.92 Å². The van der Waals surface area contributed by atoms with E-state index in [-0.39, 0.29) is 11.9 Å². The van der Waals surface area contributed by atoms with E-state index in [1.165, 1.54) is 0 Å². The largest absolute Gasteiger partial charge is 0.338 e. The van der Waals surface area contributed by atoms with Crippen molar-refractivity contribution in [2.75, 3.05) is 38.0 Å². The van der Waals surface area contributed by atoms with Gasteiger partial charge in [0.2, 0.25) is 0 Å². The first-order valence-corrected chi connectivity index (χ1v) is 11.6. The number of anilines is 1. The van der Waals surface area contributed by atoms with Crippen LogP contribution in [0.15, 0.2) is 24.3 Å². The maximum Gasteiger partial charge on any atom is 0.319 e. The second-order valence-electron chi connectivity index (χ2n) is 7.47. The Bertz CT molecular complexity index is 715. The fourth-order valence-corrected chi connectivity index (χ4v) is 5.37. The Morgan fingerprint density at radius 3 is 2.43 bits per heavy atom. The summed E-state index contributed by atoms with van der Waals surface area (Å²) in [4.78, 5) is 12.1. The first-order chi connectivity index (χ1) is 13.4. The van der Waals surface area contributed by atoms with Gasteiger partial charge in [-0.25, -0.2) is 4.79 Å². The van der Waals surface area contributed by atoms with E-state index in [0.29, 0.717) is 32.7 Å². The van der Waals surface area contributed by atoms with E-state index in [1.807, 2.05) is 45.0 Å². The number of rotatable bonds is 9. The van der Waals surface area contributed by atoms with E-state index >= 15 is 0 Å². The minimum Gasteiger partial charge on any atom is -0.338 e. The smallest absolute Gasteiger partial charge is 0.319 e. The number of hydrogen-bond acceptors (Lipinski definition) is 3. The summed E-state index contributed by atoms with van der Waals surface area (Å²) in [5, 5.41) is 5.69. The lowest BCUT2D eigenvalue weighted by atomic mass is 10.00. The van der Waals surface area contributed by atoms with E-state index < -0.39 is 10.2 Å². The molecule has 1 aromatic rings. The molecule has 1 atom stereocenters.